The Morgan fingerprint density at radius 3 is 2.57 bits per heavy atom. The Balaban J connectivity index is 2.81. The molecule has 0 aromatic rings. The first-order valence-corrected chi connectivity index (χ1v) is 5.05. The maximum Gasteiger partial charge on any atom is 0.320 e. The molecular formula is C10H19NO3. The zero-order valence-corrected chi connectivity index (χ0v) is 9.03. The summed E-state index contributed by atoms with van der Waals surface area (Å²) in [7, 11) is 0. The van der Waals surface area contributed by atoms with Gasteiger partial charge in [0.1, 0.15) is 6.04 Å². The lowest BCUT2D eigenvalue weighted by Gasteiger charge is -2.40. The zero-order chi connectivity index (χ0) is 10.9. The van der Waals surface area contributed by atoms with Gasteiger partial charge in [0.15, 0.2) is 0 Å². The van der Waals surface area contributed by atoms with Crippen LogP contribution in [0.4, 0.5) is 0 Å². The van der Waals surface area contributed by atoms with Gasteiger partial charge in [-0.2, -0.15) is 0 Å². The molecule has 14 heavy (non-hydrogen) atoms. The molecule has 1 saturated heterocycles. The summed E-state index contributed by atoms with van der Waals surface area (Å²) in [4.78, 5) is 12.8. The number of carboxylic acid groups (broad SMARTS) is 1. The largest absolute Gasteiger partial charge is 0.480 e. The van der Waals surface area contributed by atoms with Crippen LogP contribution in [0.2, 0.25) is 0 Å². The van der Waals surface area contributed by atoms with E-state index in [2.05, 4.69) is 0 Å². The van der Waals surface area contributed by atoms with E-state index in [1.807, 2.05) is 18.7 Å². The van der Waals surface area contributed by atoms with Gasteiger partial charge in [-0.25, -0.2) is 0 Å². The molecule has 0 aromatic heterocycles. The molecule has 0 spiro atoms. The number of rotatable bonds is 3. The van der Waals surface area contributed by atoms with Gasteiger partial charge in [-0.05, 0) is 40.2 Å². The highest BCUT2D eigenvalue weighted by atomic mass is 16.4. The number of likely N-dealkylation sites (tertiary alicyclic amines) is 1. The maximum atomic E-state index is 11.0. The van der Waals surface area contributed by atoms with E-state index in [-0.39, 0.29) is 0 Å². The molecule has 0 bridgehead atoms. The molecule has 1 rings (SSSR count). The van der Waals surface area contributed by atoms with Crippen molar-refractivity contribution >= 4 is 5.97 Å². The second kappa shape index (κ2) is 3.87. The van der Waals surface area contributed by atoms with Crippen LogP contribution in [-0.2, 0) is 4.79 Å². The average Bonchev–Trinajstić information content (AvgIpc) is 2.51. The first kappa shape index (κ1) is 11.5. The molecule has 2 atom stereocenters. The molecule has 4 nitrogen and oxygen atoms in total. The van der Waals surface area contributed by atoms with Crippen molar-refractivity contribution in [2.45, 2.75) is 51.3 Å². The van der Waals surface area contributed by atoms with Crippen LogP contribution in [-0.4, -0.2) is 45.3 Å². The number of carbonyl (C=O) groups is 1. The summed E-state index contributed by atoms with van der Waals surface area (Å²) in [5, 5.41) is 18.6. The van der Waals surface area contributed by atoms with Crippen LogP contribution >= 0.6 is 0 Å². The normalized spacial score (nSPS) is 26.4. The first-order valence-electron chi connectivity index (χ1n) is 5.05. The van der Waals surface area contributed by atoms with Gasteiger partial charge in [0, 0.05) is 5.54 Å². The van der Waals surface area contributed by atoms with E-state index in [1.165, 1.54) is 0 Å². The highest BCUT2D eigenvalue weighted by Gasteiger charge is 2.41. The number of carboxylic acids is 1. The number of hydrogen-bond acceptors (Lipinski definition) is 3. The summed E-state index contributed by atoms with van der Waals surface area (Å²) in [6.45, 7) is 6.24. The predicted octanol–water partition coefficient (Wildman–Crippen LogP) is 0.695. The van der Waals surface area contributed by atoms with Gasteiger partial charge in [0.2, 0.25) is 0 Å². The molecule has 1 heterocycles. The average molecular weight is 201 g/mol. The van der Waals surface area contributed by atoms with Gasteiger partial charge in [0.05, 0.1) is 6.10 Å². The van der Waals surface area contributed by atoms with Crippen LogP contribution in [0.5, 0.6) is 0 Å². The van der Waals surface area contributed by atoms with E-state index < -0.39 is 23.7 Å². The number of aliphatic carboxylic acids is 1. The predicted molar refractivity (Wildman–Crippen MR) is 53.1 cm³/mol. The Hall–Kier alpha value is -0.610. The summed E-state index contributed by atoms with van der Waals surface area (Å²) >= 11 is 0. The van der Waals surface area contributed by atoms with E-state index in [9.17, 15) is 9.90 Å². The van der Waals surface area contributed by atoms with Crippen molar-refractivity contribution in [3.05, 3.63) is 0 Å². The van der Waals surface area contributed by atoms with E-state index in [1.54, 1.807) is 6.92 Å². The number of aliphatic hydroxyl groups is 1. The van der Waals surface area contributed by atoms with Crippen LogP contribution < -0.4 is 0 Å². The summed E-state index contributed by atoms with van der Waals surface area (Å²) in [6.07, 6.45) is 1.06. The van der Waals surface area contributed by atoms with Crippen molar-refractivity contribution in [3.63, 3.8) is 0 Å². The molecule has 0 amide bonds. The minimum Gasteiger partial charge on any atom is -0.480 e. The molecule has 82 valence electrons. The van der Waals surface area contributed by atoms with E-state index >= 15 is 0 Å². The number of hydrogen-bond donors (Lipinski definition) is 2. The third-order valence-corrected chi connectivity index (χ3v) is 3.30. The summed E-state index contributed by atoms with van der Waals surface area (Å²) in [5.41, 5.74) is -0.459. The van der Waals surface area contributed by atoms with E-state index in [0.29, 0.717) is 6.42 Å². The third kappa shape index (κ3) is 1.91. The Labute approximate surface area is 84.5 Å². The fourth-order valence-electron chi connectivity index (χ4n) is 1.95. The fraction of sp³-hybridized carbons (Fsp3) is 0.900. The molecule has 1 fully saturated rings. The monoisotopic (exact) mass is 201 g/mol. The van der Waals surface area contributed by atoms with Gasteiger partial charge < -0.3 is 10.2 Å². The highest BCUT2D eigenvalue weighted by molar-refractivity contribution is 5.74. The van der Waals surface area contributed by atoms with Crippen molar-refractivity contribution < 1.29 is 15.0 Å². The van der Waals surface area contributed by atoms with Gasteiger partial charge in [-0.3, -0.25) is 9.69 Å². The van der Waals surface area contributed by atoms with Crippen LogP contribution in [0.1, 0.15) is 33.6 Å². The highest BCUT2D eigenvalue weighted by Crippen LogP contribution is 2.29. The smallest absolute Gasteiger partial charge is 0.320 e. The van der Waals surface area contributed by atoms with E-state index in [0.717, 1.165) is 13.0 Å². The lowest BCUT2D eigenvalue weighted by atomic mass is 9.95. The summed E-state index contributed by atoms with van der Waals surface area (Å²) in [6, 6.07) is -0.431. The van der Waals surface area contributed by atoms with Crippen molar-refractivity contribution in [2.24, 2.45) is 0 Å². The van der Waals surface area contributed by atoms with Crippen molar-refractivity contribution in [3.8, 4) is 0 Å². The molecule has 0 radical (unpaired) electrons. The Morgan fingerprint density at radius 1 is 1.57 bits per heavy atom. The zero-order valence-electron chi connectivity index (χ0n) is 9.03. The van der Waals surface area contributed by atoms with Crippen LogP contribution in [0, 0.1) is 0 Å². The van der Waals surface area contributed by atoms with Gasteiger partial charge in [0.25, 0.3) is 0 Å². The van der Waals surface area contributed by atoms with Crippen LogP contribution in [0.15, 0.2) is 0 Å². The van der Waals surface area contributed by atoms with Gasteiger partial charge in [-0.15, -0.1) is 0 Å². The molecule has 2 unspecified atom stereocenters. The standard InChI is InChI=1S/C10H19NO3/c1-7(12)10(2,3)11-6-4-5-8(11)9(13)14/h7-8,12H,4-6H2,1-3H3,(H,13,14). The van der Waals surface area contributed by atoms with Crippen molar-refractivity contribution in [1.29, 1.82) is 0 Å². The molecule has 0 aromatic carbocycles. The lowest BCUT2D eigenvalue weighted by Crippen LogP contribution is -2.55. The Kier molecular flexibility index (Phi) is 3.17. The molecule has 1 aliphatic rings. The SMILES string of the molecule is CC(O)C(C)(C)N1CCCC1C(=O)O. The quantitative estimate of drug-likeness (QED) is 0.705. The van der Waals surface area contributed by atoms with Gasteiger partial charge in [-0.1, -0.05) is 0 Å². The topological polar surface area (TPSA) is 60.8 Å². The van der Waals surface area contributed by atoms with Crippen LogP contribution in [0.3, 0.4) is 0 Å². The van der Waals surface area contributed by atoms with Crippen LogP contribution in [0.25, 0.3) is 0 Å². The second-order valence-electron chi connectivity index (χ2n) is 4.52. The fourth-order valence-corrected chi connectivity index (χ4v) is 1.95. The Bertz CT molecular complexity index is 225. The molecule has 2 N–H and O–H groups in total. The lowest BCUT2D eigenvalue weighted by molar-refractivity contribution is -0.145. The first-order chi connectivity index (χ1) is 6.37. The third-order valence-electron chi connectivity index (χ3n) is 3.30. The minimum atomic E-state index is -0.781. The van der Waals surface area contributed by atoms with Crippen molar-refractivity contribution in [2.75, 3.05) is 6.54 Å². The molecule has 0 saturated carbocycles. The summed E-state index contributed by atoms with van der Waals surface area (Å²) in [5.74, 6) is -0.781. The molecule has 0 aliphatic carbocycles. The maximum absolute atomic E-state index is 11.0. The number of nitrogens with zero attached hydrogens (tertiary/aromatic N) is 1. The molecule has 4 heteroatoms. The molecule has 1 aliphatic heterocycles. The Morgan fingerprint density at radius 2 is 2.14 bits per heavy atom. The number of aliphatic hydroxyl groups excluding tert-OH is 1. The van der Waals surface area contributed by atoms with E-state index in [4.69, 9.17) is 5.11 Å². The second-order valence-corrected chi connectivity index (χ2v) is 4.52. The molecular weight excluding hydrogens is 182 g/mol. The van der Waals surface area contributed by atoms with Gasteiger partial charge >= 0.3 is 5.97 Å². The van der Waals surface area contributed by atoms with Crippen molar-refractivity contribution in [1.82, 2.24) is 4.90 Å². The minimum absolute atomic E-state index is 0.431. The summed E-state index contributed by atoms with van der Waals surface area (Å²) < 4.78 is 0.